The van der Waals surface area contributed by atoms with Gasteiger partial charge < -0.3 is 0 Å². The molecule has 0 saturated heterocycles. The van der Waals surface area contributed by atoms with Crippen molar-refractivity contribution in [2.45, 2.75) is 52.0 Å². The lowest BCUT2D eigenvalue weighted by Crippen LogP contribution is -2.19. The van der Waals surface area contributed by atoms with Gasteiger partial charge in [0.1, 0.15) is 0 Å². The Balaban J connectivity index is 2.06. The molecule has 3 rings (SSSR count). The standard InChI is InChI=1S/C18H20F2N2O/c1-18(2,3)17-16-14(5-4-6-15(16)23)22(21-17)10-11-7-8-12(19)13(20)9-11/h7-9H,4-6,10H2,1-3H3. The second kappa shape index (κ2) is 5.55. The largest absolute Gasteiger partial charge is 0.294 e. The minimum atomic E-state index is -0.865. The third-order valence-corrected chi connectivity index (χ3v) is 4.18. The number of halogens is 2. The van der Waals surface area contributed by atoms with Gasteiger partial charge in [-0.05, 0) is 30.5 Å². The second-order valence-electron chi connectivity index (χ2n) is 7.10. The molecule has 0 bridgehead atoms. The van der Waals surface area contributed by atoms with Crippen LogP contribution in [-0.4, -0.2) is 15.6 Å². The molecule has 1 aliphatic rings. The number of rotatable bonds is 2. The number of aromatic nitrogens is 2. The molecule has 3 nitrogen and oxygen atoms in total. The Morgan fingerprint density at radius 3 is 2.57 bits per heavy atom. The highest BCUT2D eigenvalue weighted by Crippen LogP contribution is 2.32. The van der Waals surface area contributed by atoms with E-state index in [0.717, 1.165) is 35.9 Å². The lowest BCUT2D eigenvalue weighted by Gasteiger charge is -2.19. The first kappa shape index (κ1) is 15.8. The molecule has 1 aliphatic carbocycles. The highest BCUT2D eigenvalue weighted by molar-refractivity contribution is 5.99. The van der Waals surface area contributed by atoms with Gasteiger partial charge in [-0.25, -0.2) is 8.78 Å². The lowest BCUT2D eigenvalue weighted by molar-refractivity contribution is 0.0969. The topological polar surface area (TPSA) is 34.9 Å². The first-order valence-corrected chi connectivity index (χ1v) is 7.84. The Morgan fingerprint density at radius 2 is 1.91 bits per heavy atom. The molecule has 122 valence electrons. The molecule has 23 heavy (non-hydrogen) atoms. The molecule has 1 heterocycles. The van der Waals surface area contributed by atoms with Crippen LogP contribution in [0.15, 0.2) is 18.2 Å². The Morgan fingerprint density at radius 1 is 1.17 bits per heavy atom. The molecule has 0 aliphatic heterocycles. The van der Waals surface area contributed by atoms with Crippen molar-refractivity contribution in [2.24, 2.45) is 0 Å². The van der Waals surface area contributed by atoms with Crippen molar-refractivity contribution >= 4 is 5.78 Å². The summed E-state index contributed by atoms with van der Waals surface area (Å²) in [5, 5.41) is 4.64. The number of benzene rings is 1. The Kier molecular flexibility index (Phi) is 3.82. The molecule has 0 spiro atoms. The van der Waals surface area contributed by atoms with Crippen LogP contribution >= 0.6 is 0 Å². The quantitative estimate of drug-likeness (QED) is 0.838. The first-order chi connectivity index (χ1) is 10.8. The number of nitrogens with zero attached hydrogens (tertiary/aromatic N) is 2. The van der Waals surface area contributed by atoms with Gasteiger partial charge in [-0.1, -0.05) is 26.8 Å². The van der Waals surface area contributed by atoms with E-state index in [4.69, 9.17) is 0 Å². The molecule has 0 amide bonds. The molecule has 0 N–H and O–H groups in total. The summed E-state index contributed by atoms with van der Waals surface area (Å²) >= 11 is 0. The second-order valence-corrected chi connectivity index (χ2v) is 7.10. The number of carbonyl (C=O) groups is 1. The fourth-order valence-corrected chi connectivity index (χ4v) is 3.05. The Bertz CT molecular complexity index is 772. The maximum Gasteiger partial charge on any atom is 0.166 e. The molecule has 5 heteroatoms. The fourth-order valence-electron chi connectivity index (χ4n) is 3.05. The van der Waals surface area contributed by atoms with Gasteiger partial charge in [-0.2, -0.15) is 5.10 Å². The van der Waals surface area contributed by atoms with Crippen LogP contribution in [0.25, 0.3) is 0 Å². The SMILES string of the molecule is CC(C)(C)c1nn(Cc2ccc(F)c(F)c2)c2c1C(=O)CCC2. The average Bonchev–Trinajstić information content (AvgIpc) is 2.83. The number of hydrogen-bond acceptors (Lipinski definition) is 2. The van der Waals surface area contributed by atoms with Gasteiger partial charge >= 0.3 is 0 Å². The average molecular weight is 318 g/mol. The summed E-state index contributed by atoms with van der Waals surface area (Å²) in [4.78, 5) is 12.4. The first-order valence-electron chi connectivity index (χ1n) is 7.84. The number of fused-ring (bicyclic) bond motifs is 1. The molecule has 2 aromatic rings. The van der Waals surface area contributed by atoms with Gasteiger partial charge in [0.15, 0.2) is 17.4 Å². The van der Waals surface area contributed by atoms with E-state index in [2.05, 4.69) is 5.10 Å². The van der Waals surface area contributed by atoms with E-state index >= 15 is 0 Å². The van der Waals surface area contributed by atoms with Crippen molar-refractivity contribution in [3.8, 4) is 0 Å². The zero-order chi connectivity index (χ0) is 16.8. The van der Waals surface area contributed by atoms with E-state index in [0.29, 0.717) is 18.5 Å². The summed E-state index contributed by atoms with van der Waals surface area (Å²) in [6.45, 7) is 6.42. The molecular weight excluding hydrogens is 298 g/mol. The highest BCUT2D eigenvalue weighted by Gasteiger charge is 2.32. The zero-order valence-electron chi connectivity index (χ0n) is 13.6. The summed E-state index contributed by atoms with van der Waals surface area (Å²) in [5.41, 5.74) is 2.82. The van der Waals surface area contributed by atoms with E-state index in [-0.39, 0.29) is 11.2 Å². The molecule has 0 atom stereocenters. The normalized spacial score (nSPS) is 14.9. The van der Waals surface area contributed by atoms with Gasteiger partial charge in [-0.15, -0.1) is 0 Å². The lowest BCUT2D eigenvalue weighted by atomic mass is 9.84. The molecule has 1 aromatic carbocycles. The minimum Gasteiger partial charge on any atom is -0.294 e. The smallest absolute Gasteiger partial charge is 0.166 e. The summed E-state index contributed by atoms with van der Waals surface area (Å²) in [6.07, 6.45) is 2.14. The van der Waals surface area contributed by atoms with Gasteiger partial charge in [0, 0.05) is 17.5 Å². The predicted octanol–water partition coefficient (Wildman–Crippen LogP) is 4.03. The van der Waals surface area contributed by atoms with Crippen LogP contribution in [-0.2, 0) is 18.4 Å². The highest BCUT2D eigenvalue weighted by atomic mass is 19.2. The van der Waals surface area contributed by atoms with Gasteiger partial charge in [0.05, 0.1) is 17.8 Å². The van der Waals surface area contributed by atoms with Crippen LogP contribution in [0, 0.1) is 11.6 Å². The number of carbonyl (C=O) groups excluding carboxylic acids is 1. The number of ketones is 1. The van der Waals surface area contributed by atoms with Crippen LogP contribution in [0.5, 0.6) is 0 Å². The number of Topliss-reactive ketones (excluding diaryl/α,β-unsaturated/α-hetero) is 1. The van der Waals surface area contributed by atoms with E-state index in [1.807, 2.05) is 20.8 Å². The molecule has 1 aromatic heterocycles. The van der Waals surface area contributed by atoms with Crippen molar-refractivity contribution in [2.75, 3.05) is 0 Å². The Hall–Kier alpha value is -2.04. The van der Waals surface area contributed by atoms with Crippen LogP contribution < -0.4 is 0 Å². The van der Waals surface area contributed by atoms with Crippen molar-refractivity contribution in [3.05, 3.63) is 52.3 Å². The van der Waals surface area contributed by atoms with E-state index < -0.39 is 11.6 Å². The zero-order valence-corrected chi connectivity index (χ0v) is 13.6. The summed E-state index contributed by atoms with van der Waals surface area (Å²) in [5.74, 6) is -1.59. The van der Waals surface area contributed by atoms with Crippen molar-refractivity contribution in [1.29, 1.82) is 0 Å². The van der Waals surface area contributed by atoms with Gasteiger partial charge in [0.25, 0.3) is 0 Å². The third-order valence-electron chi connectivity index (χ3n) is 4.18. The van der Waals surface area contributed by atoms with E-state index in [1.165, 1.54) is 6.07 Å². The van der Waals surface area contributed by atoms with Crippen LogP contribution in [0.3, 0.4) is 0 Å². The predicted molar refractivity (Wildman–Crippen MR) is 83.7 cm³/mol. The molecule has 0 saturated carbocycles. The summed E-state index contributed by atoms with van der Waals surface area (Å²) in [6, 6.07) is 3.86. The van der Waals surface area contributed by atoms with Crippen molar-refractivity contribution in [3.63, 3.8) is 0 Å². The van der Waals surface area contributed by atoms with Crippen molar-refractivity contribution < 1.29 is 13.6 Å². The summed E-state index contributed by atoms with van der Waals surface area (Å²) < 4.78 is 28.3. The van der Waals surface area contributed by atoms with Crippen LogP contribution in [0.1, 0.15) is 60.9 Å². The summed E-state index contributed by atoms with van der Waals surface area (Å²) in [7, 11) is 0. The Labute approximate surface area is 134 Å². The van der Waals surface area contributed by atoms with Gasteiger partial charge in [0.2, 0.25) is 0 Å². The van der Waals surface area contributed by atoms with E-state index in [1.54, 1.807) is 10.7 Å². The molecular formula is C18H20F2N2O. The number of hydrogen-bond donors (Lipinski definition) is 0. The fraction of sp³-hybridized carbons (Fsp3) is 0.444. The molecule has 0 fully saturated rings. The molecule has 0 unspecified atom stereocenters. The minimum absolute atomic E-state index is 0.132. The molecule has 0 radical (unpaired) electrons. The maximum atomic E-state index is 13.4. The van der Waals surface area contributed by atoms with Crippen LogP contribution in [0.4, 0.5) is 8.78 Å². The maximum absolute atomic E-state index is 13.4. The van der Waals surface area contributed by atoms with Crippen molar-refractivity contribution in [1.82, 2.24) is 9.78 Å². The van der Waals surface area contributed by atoms with Crippen LogP contribution in [0.2, 0.25) is 0 Å². The third kappa shape index (κ3) is 2.92. The van der Waals surface area contributed by atoms with Gasteiger partial charge in [-0.3, -0.25) is 9.48 Å². The van der Waals surface area contributed by atoms with E-state index in [9.17, 15) is 13.6 Å². The monoisotopic (exact) mass is 318 g/mol.